The van der Waals surface area contributed by atoms with Crippen LogP contribution in [0, 0.1) is 12.3 Å². The van der Waals surface area contributed by atoms with Gasteiger partial charge in [-0.2, -0.15) is 0 Å². The number of sulfonamides is 1. The highest BCUT2D eigenvalue weighted by molar-refractivity contribution is 7.89. The van der Waals surface area contributed by atoms with Crippen LogP contribution in [0.15, 0.2) is 53.4 Å². The van der Waals surface area contributed by atoms with E-state index in [1.165, 1.54) is 24.3 Å². The Morgan fingerprint density at radius 3 is 2.23 bits per heavy atom. The van der Waals surface area contributed by atoms with E-state index in [0.29, 0.717) is 5.56 Å². The predicted molar refractivity (Wildman–Crippen MR) is 121 cm³/mol. The van der Waals surface area contributed by atoms with Crippen LogP contribution in [0.3, 0.4) is 0 Å². The third kappa shape index (κ3) is 6.07. The van der Waals surface area contributed by atoms with Crippen LogP contribution in [-0.4, -0.2) is 32.8 Å². The van der Waals surface area contributed by atoms with Crippen LogP contribution in [0.1, 0.15) is 32.4 Å². The molecule has 1 unspecified atom stereocenters. The zero-order chi connectivity index (χ0) is 23.4. The van der Waals surface area contributed by atoms with E-state index in [1.54, 1.807) is 52.1 Å². The Labute approximate surface area is 182 Å². The second-order valence-corrected chi connectivity index (χ2v) is 9.44. The molecule has 0 fully saturated rings. The van der Waals surface area contributed by atoms with E-state index in [9.17, 15) is 18.0 Å². The summed E-state index contributed by atoms with van der Waals surface area (Å²) in [6, 6.07) is 11.2. The van der Waals surface area contributed by atoms with Crippen molar-refractivity contribution in [1.29, 1.82) is 0 Å². The first kappa shape index (κ1) is 23.9. The number of benzene rings is 2. The van der Waals surface area contributed by atoms with E-state index in [2.05, 4.69) is 10.6 Å². The fraction of sp³-hybridized carbons (Fsp3) is 0.273. The van der Waals surface area contributed by atoms with Gasteiger partial charge in [-0.1, -0.05) is 18.2 Å². The second-order valence-electron chi connectivity index (χ2n) is 7.88. The summed E-state index contributed by atoms with van der Waals surface area (Å²) in [5.41, 5.74) is 0.837. The third-order valence-electron chi connectivity index (χ3n) is 4.29. The van der Waals surface area contributed by atoms with Gasteiger partial charge in [-0.15, -0.1) is 6.42 Å². The molecule has 0 aliphatic rings. The van der Waals surface area contributed by atoms with Gasteiger partial charge in [0.1, 0.15) is 6.04 Å². The summed E-state index contributed by atoms with van der Waals surface area (Å²) in [6.07, 6.45) is 5.40. The summed E-state index contributed by atoms with van der Waals surface area (Å²) in [4.78, 5) is 27.0. The van der Waals surface area contributed by atoms with Gasteiger partial charge in [-0.25, -0.2) is 13.6 Å². The summed E-state index contributed by atoms with van der Waals surface area (Å²) >= 11 is 0. The molecule has 164 valence electrons. The first-order valence-corrected chi connectivity index (χ1v) is 10.9. The fourth-order valence-corrected chi connectivity index (χ4v) is 3.50. The quantitative estimate of drug-likeness (QED) is 0.591. The molecule has 2 aromatic carbocycles. The van der Waals surface area contributed by atoms with Crippen molar-refractivity contribution in [1.82, 2.24) is 5.32 Å². The van der Waals surface area contributed by atoms with Gasteiger partial charge in [-0.05, 0) is 62.6 Å². The maximum Gasteiger partial charge on any atom is 0.303 e. The van der Waals surface area contributed by atoms with Gasteiger partial charge in [0, 0.05) is 24.0 Å². The van der Waals surface area contributed by atoms with E-state index >= 15 is 0 Å². The van der Waals surface area contributed by atoms with Gasteiger partial charge >= 0.3 is 5.91 Å². The minimum Gasteiger partial charge on any atom is -0.388 e. The largest absolute Gasteiger partial charge is 0.388 e. The molecule has 4 N–H and O–H groups in total. The number of hydrogen-bond acceptors (Lipinski definition) is 5. The van der Waals surface area contributed by atoms with Gasteiger partial charge in [-0.3, -0.25) is 14.5 Å². The standard InChI is InChI=1S/C22H26N4O4S/c1-6-19(27)26(17-8-7-9-18(14-17)31(23,29)30)20(21(28)25-22(2,3)4)15-10-12-16(24-5)13-11-15/h1,7-14,20,24H,2-5H3,(H,25,28)(H2,23,29,30). The normalized spacial score (nSPS) is 12.4. The molecule has 0 radical (unpaired) electrons. The molecule has 2 rings (SSSR count). The molecule has 0 saturated carbocycles. The van der Waals surface area contributed by atoms with Gasteiger partial charge in [0.2, 0.25) is 15.9 Å². The van der Waals surface area contributed by atoms with Crippen LogP contribution in [0.2, 0.25) is 0 Å². The van der Waals surface area contributed by atoms with Crippen LogP contribution in [0.4, 0.5) is 11.4 Å². The van der Waals surface area contributed by atoms with Crippen molar-refractivity contribution in [2.75, 3.05) is 17.3 Å². The summed E-state index contributed by atoms with van der Waals surface area (Å²) in [5, 5.41) is 11.1. The molecule has 0 bridgehead atoms. The predicted octanol–water partition coefficient (Wildman–Crippen LogP) is 2.00. The van der Waals surface area contributed by atoms with Crippen molar-refractivity contribution in [3.63, 3.8) is 0 Å². The highest BCUT2D eigenvalue weighted by Crippen LogP contribution is 2.30. The van der Waals surface area contributed by atoms with Crippen molar-refractivity contribution >= 4 is 33.2 Å². The molecule has 9 heteroatoms. The highest BCUT2D eigenvalue weighted by atomic mass is 32.2. The second kappa shape index (κ2) is 9.20. The Balaban J connectivity index is 2.71. The Morgan fingerprint density at radius 2 is 1.74 bits per heavy atom. The molecule has 0 aromatic heterocycles. The number of carbonyl (C=O) groups is 2. The molecule has 0 aliphatic carbocycles. The van der Waals surface area contributed by atoms with Crippen LogP contribution >= 0.6 is 0 Å². The number of nitrogens with one attached hydrogen (secondary N) is 2. The lowest BCUT2D eigenvalue weighted by Gasteiger charge is -2.32. The third-order valence-corrected chi connectivity index (χ3v) is 5.20. The van der Waals surface area contributed by atoms with E-state index in [1.807, 2.05) is 5.92 Å². The number of nitrogens with two attached hydrogens (primary N) is 1. The molecule has 2 aromatic rings. The van der Waals surface area contributed by atoms with Crippen LogP contribution in [0.5, 0.6) is 0 Å². The van der Waals surface area contributed by atoms with E-state index in [4.69, 9.17) is 11.6 Å². The molecule has 1 atom stereocenters. The molecule has 31 heavy (non-hydrogen) atoms. The van der Waals surface area contributed by atoms with Gasteiger partial charge in [0.05, 0.1) is 4.90 Å². The summed E-state index contributed by atoms with van der Waals surface area (Å²) in [6.45, 7) is 5.42. The molecular weight excluding hydrogens is 416 g/mol. The smallest absolute Gasteiger partial charge is 0.303 e. The summed E-state index contributed by atoms with van der Waals surface area (Å²) in [7, 11) is -2.28. The zero-order valence-corrected chi connectivity index (χ0v) is 18.7. The van der Waals surface area contributed by atoms with Gasteiger partial charge in [0.25, 0.3) is 0 Å². The van der Waals surface area contributed by atoms with Crippen LogP contribution in [0.25, 0.3) is 0 Å². The van der Waals surface area contributed by atoms with Crippen LogP contribution < -0.4 is 20.7 Å². The number of carbonyl (C=O) groups excluding carboxylic acids is 2. The Hall–Kier alpha value is -3.35. The molecular formula is C22H26N4O4S. The van der Waals surface area contributed by atoms with Crippen molar-refractivity contribution in [2.45, 2.75) is 37.2 Å². The molecule has 0 saturated heterocycles. The average molecular weight is 443 g/mol. The number of nitrogens with zero attached hydrogens (tertiary/aromatic N) is 1. The average Bonchev–Trinajstić information content (AvgIpc) is 2.69. The Bertz CT molecular complexity index is 1110. The number of terminal acetylenes is 1. The maximum atomic E-state index is 13.3. The fourth-order valence-electron chi connectivity index (χ4n) is 2.95. The first-order chi connectivity index (χ1) is 14.4. The van der Waals surface area contributed by atoms with Gasteiger partial charge in [0.15, 0.2) is 0 Å². The molecule has 0 heterocycles. The molecule has 2 amide bonds. The summed E-state index contributed by atoms with van der Waals surface area (Å²) in [5.74, 6) is 0.742. The van der Waals surface area contributed by atoms with Crippen molar-refractivity contribution in [3.05, 3.63) is 54.1 Å². The lowest BCUT2D eigenvalue weighted by atomic mass is 10.0. The zero-order valence-electron chi connectivity index (χ0n) is 17.8. The Morgan fingerprint density at radius 1 is 1.13 bits per heavy atom. The number of anilines is 2. The monoisotopic (exact) mass is 442 g/mol. The SMILES string of the molecule is C#CC(=O)N(c1cccc(S(N)(=O)=O)c1)C(C(=O)NC(C)(C)C)c1ccc(NC)cc1. The maximum absolute atomic E-state index is 13.3. The number of hydrogen-bond donors (Lipinski definition) is 3. The molecule has 8 nitrogen and oxygen atoms in total. The number of primary sulfonamides is 1. The van der Waals surface area contributed by atoms with Gasteiger partial charge < -0.3 is 10.6 Å². The minimum absolute atomic E-state index is 0.126. The minimum atomic E-state index is -4.04. The topological polar surface area (TPSA) is 122 Å². The van der Waals surface area contributed by atoms with Crippen molar-refractivity contribution in [3.8, 4) is 12.3 Å². The highest BCUT2D eigenvalue weighted by Gasteiger charge is 2.34. The molecule has 0 spiro atoms. The Kier molecular flexibility index (Phi) is 7.10. The number of rotatable bonds is 6. The van der Waals surface area contributed by atoms with E-state index in [-0.39, 0.29) is 10.6 Å². The lowest BCUT2D eigenvalue weighted by Crippen LogP contribution is -2.49. The van der Waals surface area contributed by atoms with E-state index in [0.717, 1.165) is 10.6 Å². The van der Waals surface area contributed by atoms with Crippen molar-refractivity contribution in [2.24, 2.45) is 5.14 Å². The summed E-state index contributed by atoms with van der Waals surface area (Å²) < 4.78 is 23.7. The number of amides is 2. The van der Waals surface area contributed by atoms with Crippen LogP contribution in [-0.2, 0) is 19.6 Å². The van der Waals surface area contributed by atoms with Crippen molar-refractivity contribution < 1.29 is 18.0 Å². The van der Waals surface area contributed by atoms with E-state index < -0.39 is 33.4 Å². The first-order valence-electron chi connectivity index (χ1n) is 9.40. The molecule has 0 aliphatic heterocycles. The lowest BCUT2D eigenvalue weighted by molar-refractivity contribution is -0.126.